The first kappa shape index (κ1) is 11.0. The molecule has 3 heterocycles. The molecule has 0 saturated heterocycles. The SMILES string of the molecule is Cc1cnc(NC(=O)C2CCn3cncc3C2)[nH]1. The van der Waals surface area contributed by atoms with Crippen molar-refractivity contribution in [1.29, 1.82) is 0 Å². The molecule has 0 aromatic carbocycles. The molecule has 1 atom stereocenters. The molecular formula is C12H15N5O. The summed E-state index contributed by atoms with van der Waals surface area (Å²) in [7, 11) is 0. The van der Waals surface area contributed by atoms with E-state index in [0.29, 0.717) is 5.95 Å². The molecule has 0 bridgehead atoms. The van der Waals surface area contributed by atoms with E-state index in [1.54, 1.807) is 6.20 Å². The lowest BCUT2D eigenvalue weighted by Gasteiger charge is -2.22. The Morgan fingerprint density at radius 1 is 1.56 bits per heavy atom. The molecule has 1 aliphatic rings. The molecule has 0 aliphatic carbocycles. The molecule has 0 saturated carbocycles. The van der Waals surface area contributed by atoms with Crippen LogP contribution in [0.2, 0.25) is 0 Å². The van der Waals surface area contributed by atoms with Gasteiger partial charge in [0.2, 0.25) is 11.9 Å². The van der Waals surface area contributed by atoms with E-state index in [1.165, 1.54) is 0 Å². The molecule has 1 amide bonds. The molecule has 6 heteroatoms. The van der Waals surface area contributed by atoms with Gasteiger partial charge >= 0.3 is 0 Å². The number of aromatic amines is 1. The van der Waals surface area contributed by atoms with Crippen molar-refractivity contribution in [2.24, 2.45) is 5.92 Å². The average molecular weight is 245 g/mol. The van der Waals surface area contributed by atoms with Crippen molar-refractivity contribution in [3.05, 3.63) is 30.1 Å². The first-order valence-electron chi connectivity index (χ1n) is 6.04. The number of imidazole rings is 2. The minimum atomic E-state index is -0.000365. The summed E-state index contributed by atoms with van der Waals surface area (Å²) >= 11 is 0. The van der Waals surface area contributed by atoms with Crippen LogP contribution in [0.25, 0.3) is 0 Å². The molecule has 2 aromatic rings. The van der Waals surface area contributed by atoms with Crippen molar-refractivity contribution in [3.8, 4) is 0 Å². The van der Waals surface area contributed by atoms with E-state index in [1.807, 2.05) is 19.4 Å². The van der Waals surface area contributed by atoms with Gasteiger partial charge in [-0.15, -0.1) is 0 Å². The smallest absolute Gasteiger partial charge is 0.230 e. The summed E-state index contributed by atoms with van der Waals surface area (Å²) in [5.41, 5.74) is 2.06. The van der Waals surface area contributed by atoms with Gasteiger partial charge in [-0.1, -0.05) is 0 Å². The topological polar surface area (TPSA) is 75.6 Å². The third kappa shape index (κ3) is 2.01. The highest BCUT2D eigenvalue weighted by molar-refractivity contribution is 5.91. The van der Waals surface area contributed by atoms with Gasteiger partial charge in [0.05, 0.1) is 6.33 Å². The highest BCUT2D eigenvalue weighted by atomic mass is 16.2. The predicted octanol–water partition coefficient (Wildman–Crippen LogP) is 1.12. The highest BCUT2D eigenvalue weighted by Crippen LogP contribution is 2.21. The van der Waals surface area contributed by atoms with Crippen molar-refractivity contribution in [3.63, 3.8) is 0 Å². The van der Waals surface area contributed by atoms with Crippen LogP contribution in [0.4, 0.5) is 5.95 Å². The maximum Gasteiger partial charge on any atom is 0.230 e. The van der Waals surface area contributed by atoms with Crippen LogP contribution in [-0.4, -0.2) is 25.4 Å². The first-order chi connectivity index (χ1) is 8.72. The molecule has 2 N–H and O–H groups in total. The van der Waals surface area contributed by atoms with E-state index in [2.05, 4.69) is 24.8 Å². The lowest BCUT2D eigenvalue weighted by atomic mass is 9.95. The van der Waals surface area contributed by atoms with E-state index in [-0.39, 0.29) is 11.8 Å². The van der Waals surface area contributed by atoms with E-state index in [4.69, 9.17) is 0 Å². The van der Waals surface area contributed by atoms with Gasteiger partial charge in [-0.3, -0.25) is 10.1 Å². The third-order valence-electron chi connectivity index (χ3n) is 3.29. The van der Waals surface area contributed by atoms with E-state index in [9.17, 15) is 4.79 Å². The standard InChI is InChI=1S/C12H15N5O/c1-8-5-14-12(15-8)16-11(18)9-2-3-17-7-13-6-10(17)4-9/h5-7,9H,2-4H2,1H3,(H2,14,15,16,18). The normalized spacial score (nSPS) is 18.4. The Balaban J connectivity index is 1.67. The van der Waals surface area contributed by atoms with E-state index in [0.717, 1.165) is 30.8 Å². The number of fused-ring (bicyclic) bond motifs is 1. The summed E-state index contributed by atoms with van der Waals surface area (Å²) in [5.74, 6) is 0.549. The van der Waals surface area contributed by atoms with Crippen LogP contribution < -0.4 is 5.32 Å². The van der Waals surface area contributed by atoms with E-state index < -0.39 is 0 Å². The summed E-state index contributed by atoms with van der Waals surface area (Å²) in [6.45, 7) is 2.76. The number of nitrogens with one attached hydrogen (secondary N) is 2. The Bertz CT molecular complexity index is 571. The molecular weight excluding hydrogens is 230 g/mol. The van der Waals surface area contributed by atoms with Crippen LogP contribution in [0.1, 0.15) is 17.8 Å². The van der Waals surface area contributed by atoms with Gasteiger partial charge in [0.25, 0.3) is 0 Å². The first-order valence-corrected chi connectivity index (χ1v) is 6.04. The monoisotopic (exact) mass is 245 g/mol. The van der Waals surface area contributed by atoms with Gasteiger partial charge in [0.1, 0.15) is 0 Å². The second kappa shape index (κ2) is 4.29. The van der Waals surface area contributed by atoms with Crippen LogP contribution in [0, 0.1) is 12.8 Å². The van der Waals surface area contributed by atoms with Crippen LogP contribution in [0.5, 0.6) is 0 Å². The lowest BCUT2D eigenvalue weighted by Crippen LogP contribution is -2.30. The van der Waals surface area contributed by atoms with Crippen LogP contribution >= 0.6 is 0 Å². The fourth-order valence-corrected chi connectivity index (χ4v) is 2.29. The fourth-order valence-electron chi connectivity index (χ4n) is 2.29. The number of carbonyl (C=O) groups excluding carboxylic acids is 1. The molecule has 0 fully saturated rings. The number of hydrogen-bond acceptors (Lipinski definition) is 3. The molecule has 1 aliphatic heterocycles. The van der Waals surface area contributed by atoms with Gasteiger partial charge in [-0.05, 0) is 13.3 Å². The zero-order valence-electron chi connectivity index (χ0n) is 10.2. The summed E-state index contributed by atoms with van der Waals surface area (Å²) in [6.07, 6.45) is 6.93. The fraction of sp³-hybridized carbons (Fsp3) is 0.417. The number of amides is 1. The summed E-state index contributed by atoms with van der Waals surface area (Å²) in [4.78, 5) is 23.3. The number of aromatic nitrogens is 4. The zero-order valence-corrected chi connectivity index (χ0v) is 10.2. The summed E-state index contributed by atoms with van der Waals surface area (Å²) < 4.78 is 2.10. The van der Waals surface area contributed by atoms with Gasteiger partial charge in [-0.25, -0.2) is 9.97 Å². The molecule has 0 radical (unpaired) electrons. The minimum absolute atomic E-state index is 0.000365. The molecule has 1 unspecified atom stereocenters. The Hall–Kier alpha value is -2.11. The van der Waals surface area contributed by atoms with Gasteiger partial charge < -0.3 is 9.55 Å². The van der Waals surface area contributed by atoms with Gasteiger partial charge in [-0.2, -0.15) is 0 Å². The molecule has 2 aromatic heterocycles. The van der Waals surface area contributed by atoms with E-state index >= 15 is 0 Å². The third-order valence-corrected chi connectivity index (χ3v) is 3.29. The molecule has 3 rings (SSSR count). The number of H-pyrrole nitrogens is 1. The summed E-state index contributed by atoms with van der Waals surface area (Å²) in [6, 6.07) is 0. The van der Waals surface area contributed by atoms with Crippen molar-refractivity contribution in [1.82, 2.24) is 19.5 Å². The van der Waals surface area contributed by atoms with Gasteiger partial charge in [0, 0.05) is 42.7 Å². The predicted molar refractivity (Wildman–Crippen MR) is 66.0 cm³/mol. The second-order valence-electron chi connectivity index (χ2n) is 4.67. The van der Waals surface area contributed by atoms with Crippen molar-refractivity contribution in [2.75, 3.05) is 5.32 Å². The van der Waals surface area contributed by atoms with Crippen LogP contribution in [0.15, 0.2) is 18.7 Å². The number of nitrogens with zero attached hydrogens (tertiary/aromatic N) is 3. The molecule has 0 spiro atoms. The number of rotatable bonds is 2. The lowest BCUT2D eigenvalue weighted by molar-refractivity contribution is -0.120. The molecule has 94 valence electrons. The Morgan fingerprint density at radius 2 is 2.44 bits per heavy atom. The highest BCUT2D eigenvalue weighted by Gasteiger charge is 2.25. The quantitative estimate of drug-likeness (QED) is 0.832. The Kier molecular flexibility index (Phi) is 2.62. The minimum Gasteiger partial charge on any atom is -0.335 e. The Morgan fingerprint density at radius 3 is 3.22 bits per heavy atom. The number of carbonyl (C=O) groups is 1. The van der Waals surface area contributed by atoms with Crippen molar-refractivity contribution >= 4 is 11.9 Å². The maximum atomic E-state index is 12.1. The van der Waals surface area contributed by atoms with Crippen molar-refractivity contribution < 1.29 is 4.79 Å². The van der Waals surface area contributed by atoms with Gasteiger partial charge in [0.15, 0.2) is 0 Å². The molecule has 6 nitrogen and oxygen atoms in total. The summed E-state index contributed by atoms with van der Waals surface area (Å²) in [5, 5.41) is 2.82. The zero-order chi connectivity index (χ0) is 12.5. The molecule has 18 heavy (non-hydrogen) atoms. The Labute approximate surface area is 104 Å². The number of aryl methyl sites for hydroxylation is 2. The van der Waals surface area contributed by atoms with Crippen LogP contribution in [-0.2, 0) is 17.8 Å². The second-order valence-corrected chi connectivity index (χ2v) is 4.67. The van der Waals surface area contributed by atoms with Crippen LogP contribution in [0.3, 0.4) is 0 Å². The number of hydrogen-bond donors (Lipinski definition) is 2. The maximum absolute atomic E-state index is 12.1. The van der Waals surface area contributed by atoms with Crippen molar-refractivity contribution in [2.45, 2.75) is 26.3 Å². The average Bonchev–Trinajstić information content (AvgIpc) is 2.96. The largest absolute Gasteiger partial charge is 0.335 e. The number of anilines is 1.